The Hall–Kier alpha value is -2.37. The molecule has 1 rings (SSSR count). The molecule has 0 radical (unpaired) electrons. The number of carbonyl (C=O) groups is 2. The molecule has 0 atom stereocenters. The molecule has 6 heteroatoms. The van der Waals surface area contributed by atoms with Crippen LogP contribution in [0.5, 0.6) is 5.75 Å². The molecule has 0 aliphatic heterocycles. The predicted octanol–water partition coefficient (Wildman–Crippen LogP) is 1.06. The molecule has 0 unspecified atom stereocenters. The number of ether oxygens (including phenoxy) is 1. The van der Waals surface area contributed by atoms with E-state index >= 15 is 0 Å². The molecule has 0 bridgehead atoms. The summed E-state index contributed by atoms with van der Waals surface area (Å²) < 4.78 is 5.06. The summed E-state index contributed by atoms with van der Waals surface area (Å²) in [5.41, 5.74) is 2.45. The lowest BCUT2D eigenvalue weighted by Gasteiger charge is -2.19. The molecule has 0 aliphatic rings. The van der Waals surface area contributed by atoms with Crippen LogP contribution >= 0.6 is 0 Å². The fraction of sp³-hybridized carbons (Fsp3) is 0.357. The first-order valence-electron chi connectivity index (χ1n) is 6.11. The molecule has 6 nitrogen and oxygen atoms in total. The largest absolute Gasteiger partial charge is 0.497 e. The third kappa shape index (κ3) is 5.51. The van der Waals surface area contributed by atoms with Crippen LogP contribution in [0, 0.1) is 0 Å². The zero-order valence-corrected chi connectivity index (χ0v) is 12.1. The molecular formula is C14H19N3O3. The van der Waals surface area contributed by atoms with Crippen LogP contribution in [0.25, 0.3) is 0 Å². The Labute approximate surface area is 118 Å². The van der Waals surface area contributed by atoms with E-state index in [-0.39, 0.29) is 0 Å². The Balaban J connectivity index is 2.55. The van der Waals surface area contributed by atoms with Gasteiger partial charge in [-0.05, 0) is 38.5 Å². The van der Waals surface area contributed by atoms with Crippen LogP contribution in [0.4, 0.5) is 0 Å². The number of methoxy groups -OCH3 is 1. The standard InChI is InChI=1S/C14H19N3O3/c1-14(2,3)16-12(18)13(19)17-15-9-10-6-5-7-11(8-10)20-4/h5-9H,1-4H3,(H,16,18)(H,17,19)/b15-9-. The highest BCUT2D eigenvalue weighted by molar-refractivity contribution is 6.35. The maximum absolute atomic E-state index is 11.5. The number of carbonyl (C=O) groups excluding carboxylic acids is 2. The van der Waals surface area contributed by atoms with Crippen molar-refractivity contribution in [2.24, 2.45) is 5.10 Å². The molecule has 2 amide bonds. The molecule has 0 aliphatic carbocycles. The van der Waals surface area contributed by atoms with E-state index in [1.54, 1.807) is 52.1 Å². The second-order valence-corrected chi connectivity index (χ2v) is 5.18. The van der Waals surface area contributed by atoms with Crippen LogP contribution in [-0.2, 0) is 9.59 Å². The molecule has 0 fully saturated rings. The zero-order chi connectivity index (χ0) is 15.2. The molecule has 2 N–H and O–H groups in total. The van der Waals surface area contributed by atoms with Gasteiger partial charge in [0.25, 0.3) is 0 Å². The first-order valence-corrected chi connectivity index (χ1v) is 6.11. The van der Waals surface area contributed by atoms with E-state index in [0.29, 0.717) is 5.75 Å². The second-order valence-electron chi connectivity index (χ2n) is 5.18. The number of hydrazone groups is 1. The summed E-state index contributed by atoms with van der Waals surface area (Å²) in [5, 5.41) is 6.27. The third-order valence-corrected chi connectivity index (χ3v) is 2.17. The highest BCUT2D eigenvalue weighted by Crippen LogP contribution is 2.10. The lowest BCUT2D eigenvalue weighted by molar-refractivity contribution is -0.140. The Morgan fingerprint density at radius 2 is 1.95 bits per heavy atom. The molecule has 0 saturated heterocycles. The molecule has 0 heterocycles. The minimum absolute atomic E-state index is 0.467. The molecule has 0 saturated carbocycles. The van der Waals surface area contributed by atoms with Gasteiger partial charge in [0.1, 0.15) is 5.75 Å². The number of benzene rings is 1. The van der Waals surface area contributed by atoms with Crippen molar-refractivity contribution in [1.29, 1.82) is 0 Å². The summed E-state index contributed by atoms with van der Waals surface area (Å²) in [5.74, 6) is -0.842. The smallest absolute Gasteiger partial charge is 0.329 e. The van der Waals surface area contributed by atoms with Crippen LogP contribution < -0.4 is 15.5 Å². The quantitative estimate of drug-likeness (QED) is 0.492. The lowest BCUT2D eigenvalue weighted by atomic mass is 10.1. The number of nitrogens with one attached hydrogen (secondary N) is 2. The first kappa shape index (κ1) is 15.7. The summed E-state index contributed by atoms with van der Waals surface area (Å²) in [4.78, 5) is 23.0. The Morgan fingerprint density at radius 3 is 2.55 bits per heavy atom. The molecule has 108 valence electrons. The van der Waals surface area contributed by atoms with Gasteiger partial charge in [0, 0.05) is 5.54 Å². The van der Waals surface area contributed by atoms with Crippen molar-refractivity contribution >= 4 is 18.0 Å². The van der Waals surface area contributed by atoms with E-state index in [1.807, 2.05) is 0 Å². The molecule has 0 aromatic heterocycles. The van der Waals surface area contributed by atoms with E-state index < -0.39 is 17.4 Å². The van der Waals surface area contributed by atoms with Crippen molar-refractivity contribution < 1.29 is 14.3 Å². The van der Waals surface area contributed by atoms with Gasteiger partial charge >= 0.3 is 11.8 Å². The minimum atomic E-state index is -0.806. The zero-order valence-electron chi connectivity index (χ0n) is 12.1. The number of hydrogen-bond acceptors (Lipinski definition) is 4. The number of hydrogen-bond donors (Lipinski definition) is 2. The Morgan fingerprint density at radius 1 is 1.25 bits per heavy atom. The average molecular weight is 277 g/mol. The Kier molecular flexibility index (Phi) is 5.25. The summed E-state index contributed by atoms with van der Waals surface area (Å²) in [6.07, 6.45) is 1.44. The summed E-state index contributed by atoms with van der Waals surface area (Å²) in [6, 6.07) is 7.15. The molecule has 20 heavy (non-hydrogen) atoms. The molecule has 0 spiro atoms. The van der Waals surface area contributed by atoms with Gasteiger partial charge < -0.3 is 10.1 Å². The fourth-order valence-electron chi connectivity index (χ4n) is 1.34. The highest BCUT2D eigenvalue weighted by atomic mass is 16.5. The van der Waals surface area contributed by atoms with Gasteiger partial charge in [-0.1, -0.05) is 12.1 Å². The van der Waals surface area contributed by atoms with Crippen LogP contribution in [-0.4, -0.2) is 30.7 Å². The van der Waals surface area contributed by atoms with E-state index in [2.05, 4.69) is 15.8 Å². The fourth-order valence-corrected chi connectivity index (χ4v) is 1.34. The normalized spacial score (nSPS) is 11.2. The number of nitrogens with zero attached hydrogens (tertiary/aromatic N) is 1. The Bertz CT molecular complexity index is 519. The molecular weight excluding hydrogens is 258 g/mol. The van der Waals surface area contributed by atoms with Crippen molar-refractivity contribution in [1.82, 2.24) is 10.7 Å². The lowest BCUT2D eigenvalue weighted by Crippen LogP contribution is -2.47. The molecule has 1 aromatic carbocycles. The molecule has 1 aromatic rings. The maximum Gasteiger partial charge on any atom is 0.329 e. The van der Waals surface area contributed by atoms with Crippen molar-refractivity contribution in [2.75, 3.05) is 7.11 Å². The average Bonchev–Trinajstić information content (AvgIpc) is 2.37. The third-order valence-electron chi connectivity index (χ3n) is 2.17. The van der Waals surface area contributed by atoms with Gasteiger partial charge in [0.2, 0.25) is 0 Å². The summed E-state index contributed by atoms with van der Waals surface area (Å²) in [6.45, 7) is 5.37. The van der Waals surface area contributed by atoms with E-state index in [1.165, 1.54) is 6.21 Å². The topological polar surface area (TPSA) is 79.8 Å². The van der Waals surface area contributed by atoms with Crippen molar-refractivity contribution in [3.8, 4) is 5.75 Å². The van der Waals surface area contributed by atoms with Gasteiger partial charge in [-0.3, -0.25) is 9.59 Å². The van der Waals surface area contributed by atoms with Gasteiger partial charge in [-0.25, -0.2) is 5.43 Å². The van der Waals surface area contributed by atoms with Crippen molar-refractivity contribution in [3.63, 3.8) is 0 Å². The van der Waals surface area contributed by atoms with E-state index in [9.17, 15) is 9.59 Å². The first-order chi connectivity index (χ1) is 9.31. The van der Waals surface area contributed by atoms with E-state index in [4.69, 9.17) is 4.74 Å². The maximum atomic E-state index is 11.5. The van der Waals surface area contributed by atoms with Gasteiger partial charge in [-0.15, -0.1) is 0 Å². The van der Waals surface area contributed by atoms with Gasteiger partial charge in [-0.2, -0.15) is 5.10 Å². The number of amides is 2. The van der Waals surface area contributed by atoms with Crippen molar-refractivity contribution in [3.05, 3.63) is 29.8 Å². The van der Waals surface area contributed by atoms with Crippen LogP contribution in [0.15, 0.2) is 29.4 Å². The monoisotopic (exact) mass is 277 g/mol. The van der Waals surface area contributed by atoms with E-state index in [0.717, 1.165) is 5.56 Å². The van der Waals surface area contributed by atoms with Crippen LogP contribution in [0.2, 0.25) is 0 Å². The summed E-state index contributed by atoms with van der Waals surface area (Å²) in [7, 11) is 1.56. The van der Waals surface area contributed by atoms with Crippen molar-refractivity contribution in [2.45, 2.75) is 26.3 Å². The van der Waals surface area contributed by atoms with Crippen LogP contribution in [0.1, 0.15) is 26.3 Å². The summed E-state index contributed by atoms with van der Waals surface area (Å²) >= 11 is 0. The predicted molar refractivity (Wildman–Crippen MR) is 76.6 cm³/mol. The number of rotatable bonds is 3. The second kappa shape index (κ2) is 6.70. The van der Waals surface area contributed by atoms with Gasteiger partial charge in [0.15, 0.2) is 0 Å². The minimum Gasteiger partial charge on any atom is -0.497 e. The van der Waals surface area contributed by atoms with Crippen LogP contribution in [0.3, 0.4) is 0 Å². The highest BCUT2D eigenvalue weighted by Gasteiger charge is 2.19. The van der Waals surface area contributed by atoms with Gasteiger partial charge in [0.05, 0.1) is 13.3 Å². The SMILES string of the molecule is COc1cccc(/C=N\NC(=O)C(=O)NC(C)(C)C)c1.